The van der Waals surface area contributed by atoms with E-state index in [1.54, 1.807) is 35.7 Å². The molecule has 0 fully saturated rings. The van der Waals surface area contributed by atoms with Crippen molar-refractivity contribution in [3.8, 4) is 0 Å². The molecule has 0 radical (unpaired) electrons. The number of hydrogen-bond acceptors (Lipinski definition) is 5. The molecule has 0 aliphatic carbocycles. The van der Waals surface area contributed by atoms with E-state index in [-0.39, 0.29) is 6.54 Å². The van der Waals surface area contributed by atoms with Crippen molar-refractivity contribution in [3.63, 3.8) is 0 Å². The van der Waals surface area contributed by atoms with Crippen molar-refractivity contribution in [2.24, 2.45) is 0 Å². The molecule has 2 aromatic carbocycles. The minimum Gasteiger partial charge on any atom is -0.354 e. The molecule has 4 rings (SSSR count). The molecule has 2 amide bonds. The first kappa shape index (κ1) is 22.2. The number of benzene rings is 2. The fourth-order valence-corrected chi connectivity index (χ4v) is 4.32. The maximum absolute atomic E-state index is 13.1. The summed E-state index contributed by atoms with van der Waals surface area (Å²) in [6.07, 6.45) is 0.634. The second-order valence-electron chi connectivity index (χ2n) is 7.39. The van der Waals surface area contributed by atoms with Crippen LogP contribution in [0.15, 0.2) is 81.7 Å². The van der Waals surface area contributed by atoms with E-state index >= 15 is 0 Å². The third-order valence-electron chi connectivity index (χ3n) is 5.08. The fraction of sp³-hybridized carbons (Fsp3) is 0.167. The minimum absolute atomic E-state index is 0.281. The van der Waals surface area contributed by atoms with Crippen LogP contribution in [-0.2, 0) is 29.1 Å². The summed E-state index contributed by atoms with van der Waals surface area (Å²) in [5.41, 5.74) is 0.805. The van der Waals surface area contributed by atoms with Gasteiger partial charge >= 0.3 is 5.69 Å². The zero-order chi connectivity index (χ0) is 23.2. The van der Waals surface area contributed by atoms with Gasteiger partial charge in [0.15, 0.2) is 0 Å². The maximum Gasteiger partial charge on any atom is 0.332 e. The van der Waals surface area contributed by atoms with Crippen molar-refractivity contribution in [1.29, 1.82) is 0 Å². The largest absolute Gasteiger partial charge is 0.354 e. The van der Waals surface area contributed by atoms with Gasteiger partial charge in [0, 0.05) is 12.2 Å². The summed E-state index contributed by atoms with van der Waals surface area (Å²) in [5.74, 6) is -0.852. The van der Waals surface area contributed by atoms with Crippen LogP contribution in [0.5, 0.6) is 0 Å². The second-order valence-corrected chi connectivity index (χ2v) is 8.31. The van der Waals surface area contributed by atoms with Gasteiger partial charge in [-0.3, -0.25) is 19.0 Å². The first-order chi connectivity index (χ1) is 16.0. The van der Waals surface area contributed by atoms with Gasteiger partial charge in [-0.2, -0.15) is 0 Å². The summed E-state index contributed by atoms with van der Waals surface area (Å²) in [6.45, 7) is -0.315. The molecule has 2 heterocycles. The van der Waals surface area contributed by atoms with Crippen LogP contribution < -0.4 is 21.9 Å². The molecular weight excluding hydrogens is 440 g/mol. The van der Waals surface area contributed by atoms with Crippen LogP contribution in [0.25, 0.3) is 10.2 Å². The molecule has 2 N–H and O–H groups in total. The molecule has 4 aromatic rings. The topological polar surface area (TPSA) is 102 Å². The number of hydrogen-bond donors (Lipinski definition) is 2. The van der Waals surface area contributed by atoms with Crippen LogP contribution >= 0.6 is 11.3 Å². The van der Waals surface area contributed by atoms with Gasteiger partial charge in [-0.25, -0.2) is 9.36 Å². The molecule has 0 aliphatic rings. The highest BCUT2D eigenvalue weighted by Crippen LogP contribution is 2.15. The molecule has 0 bridgehead atoms. The lowest BCUT2D eigenvalue weighted by Gasteiger charge is -2.12. The maximum atomic E-state index is 13.1. The van der Waals surface area contributed by atoms with E-state index in [9.17, 15) is 19.2 Å². The lowest BCUT2D eigenvalue weighted by molar-refractivity contribution is -0.121. The highest BCUT2D eigenvalue weighted by Gasteiger charge is 2.18. The summed E-state index contributed by atoms with van der Waals surface area (Å²) < 4.78 is 2.43. The van der Waals surface area contributed by atoms with E-state index in [1.165, 1.54) is 15.9 Å². The van der Waals surface area contributed by atoms with Gasteiger partial charge in [0.05, 0.1) is 5.52 Å². The standard InChI is InChI=1S/C24H22N4O4S/c29-20(25-13-11-17-7-3-1-4-8-17)15-28-23(31)22-19(12-14-33-22)27(24(28)32)16-21(30)26-18-9-5-2-6-10-18/h1-10,12,14H,11,13,15-16H2,(H,25,29)(H,26,30). The van der Waals surface area contributed by atoms with E-state index in [0.717, 1.165) is 10.1 Å². The molecule has 33 heavy (non-hydrogen) atoms. The molecule has 9 heteroatoms. The number of thiophene rings is 1. The van der Waals surface area contributed by atoms with E-state index in [4.69, 9.17) is 0 Å². The van der Waals surface area contributed by atoms with Gasteiger partial charge in [-0.05, 0) is 35.6 Å². The average Bonchev–Trinajstić information content (AvgIpc) is 3.31. The molecule has 2 aromatic heterocycles. The lowest BCUT2D eigenvalue weighted by atomic mass is 10.1. The smallest absolute Gasteiger partial charge is 0.332 e. The Balaban J connectivity index is 1.52. The molecule has 0 unspecified atom stereocenters. The zero-order valence-electron chi connectivity index (χ0n) is 17.7. The van der Waals surface area contributed by atoms with Crippen molar-refractivity contribution in [1.82, 2.24) is 14.5 Å². The Bertz CT molecular complexity index is 1390. The average molecular weight is 463 g/mol. The van der Waals surface area contributed by atoms with Crippen molar-refractivity contribution < 1.29 is 9.59 Å². The zero-order valence-corrected chi connectivity index (χ0v) is 18.5. The number of para-hydroxylation sites is 1. The monoisotopic (exact) mass is 462 g/mol. The summed E-state index contributed by atoms with van der Waals surface area (Å²) >= 11 is 1.17. The number of nitrogens with one attached hydrogen (secondary N) is 2. The van der Waals surface area contributed by atoms with Gasteiger partial charge in [0.1, 0.15) is 17.8 Å². The lowest BCUT2D eigenvalue weighted by Crippen LogP contribution is -2.44. The summed E-state index contributed by atoms with van der Waals surface area (Å²) in [6, 6.07) is 20.2. The van der Waals surface area contributed by atoms with Gasteiger partial charge in [-0.1, -0.05) is 48.5 Å². The Labute approximate surface area is 193 Å². The number of anilines is 1. The number of aromatic nitrogens is 2. The Morgan fingerprint density at radius 1 is 0.818 bits per heavy atom. The normalized spacial score (nSPS) is 10.8. The number of carbonyl (C=O) groups excluding carboxylic acids is 2. The minimum atomic E-state index is -0.702. The molecule has 0 saturated carbocycles. The predicted octanol–water partition coefficient (Wildman–Crippen LogP) is 2.22. The highest BCUT2D eigenvalue weighted by atomic mass is 32.1. The summed E-state index contributed by atoms with van der Waals surface area (Å²) in [4.78, 5) is 51.0. The molecule has 0 atom stereocenters. The first-order valence-electron chi connectivity index (χ1n) is 10.4. The van der Waals surface area contributed by atoms with Gasteiger partial charge in [-0.15, -0.1) is 11.3 Å². The molecule has 0 saturated heterocycles. The van der Waals surface area contributed by atoms with Crippen molar-refractivity contribution in [3.05, 3.63) is 98.5 Å². The van der Waals surface area contributed by atoms with E-state index in [1.807, 2.05) is 36.4 Å². The van der Waals surface area contributed by atoms with Crippen LogP contribution in [0.1, 0.15) is 5.56 Å². The predicted molar refractivity (Wildman–Crippen MR) is 129 cm³/mol. The van der Waals surface area contributed by atoms with Gasteiger partial charge in [0.25, 0.3) is 5.56 Å². The summed E-state index contributed by atoms with van der Waals surface area (Å²) in [7, 11) is 0. The van der Waals surface area contributed by atoms with Gasteiger partial charge < -0.3 is 10.6 Å². The Morgan fingerprint density at radius 3 is 2.21 bits per heavy atom. The Morgan fingerprint density at radius 2 is 1.48 bits per heavy atom. The number of fused-ring (bicyclic) bond motifs is 1. The van der Waals surface area contributed by atoms with Crippen LogP contribution in [0, 0.1) is 0 Å². The van der Waals surface area contributed by atoms with Crippen LogP contribution in [-0.4, -0.2) is 27.5 Å². The van der Waals surface area contributed by atoms with E-state index in [0.29, 0.717) is 28.9 Å². The number of nitrogens with zero attached hydrogens (tertiary/aromatic N) is 2. The number of rotatable bonds is 8. The molecule has 0 spiro atoms. The highest BCUT2D eigenvalue weighted by molar-refractivity contribution is 7.17. The Hall–Kier alpha value is -3.98. The molecular formula is C24H22N4O4S. The fourth-order valence-electron chi connectivity index (χ4n) is 3.48. The number of amides is 2. The van der Waals surface area contributed by atoms with Crippen molar-refractivity contribution in [2.45, 2.75) is 19.5 Å². The van der Waals surface area contributed by atoms with E-state index in [2.05, 4.69) is 10.6 Å². The third kappa shape index (κ3) is 5.27. The van der Waals surface area contributed by atoms with Crippen LogP contribution in [0.2, 0.25) is 0 Å². The second kappa shape index (κ2) is 10.1. The molecule has 8 nitrogen and oxygen atoms in total. The molecule has 0 aliphatic heterocycles. The molecule has 168 valence electrons. The first-order valence-corrected chi connectivity index (χ1v) is 11.3. The van der Waals surface area contributed by atoms with Crippen molar-refractivity contribution >= 4 is 39.1 Å². The third-order valence-corrected chi connectivity index (χ3v) is 5.97. The van der Waals surface area contributed by atoms with E-state index < -0.39 is 29.6 Å². The van der Waals surface area contributed by atoms with Crippen LogP contribution in [0.4, 0.5) is 5.69 Å². The summed E-state index contributed by atoms with van der Waals surface area (Å²) in [5, 5.41) is 7.16. The Kier molecular flexibility index (Phi) is 6.80. The SMILES string of the molecule is O=C(Cn1c(=O)c2sccc2n(CC(=O)Nc2ccccc2)c1=O)NCCc1ccccc1. The van der Waals surface area contributed by atoms with Crippen LogP contribution in [0.3, 0.4) is 0 Å². The van der Waals surface area contributed by atoms with Crippen molar-refractivity contribution in [2.75, 3.05) is 11.9 Å². The number of carbonyl (C=O) groups is 2. The quantitative estimate of drug-likeness (QED) is 0.419. The van der Waals surface area contributed by atoms with Gasteiger partial charge in [0.2, 0.25) is 11.8 Å².